The lowest BCUT2D eigenvalue weighted by atomic mass is 9.83. The number of anilines is 1. The Kier molecular flexibility index (Phi) is 6.56. The van der Waals surface area contributed by atoms with Crippen LogP contribution in [0.5, 0.6) is 0 Å². The van der Waals surface area contributed by atoms with E-state index in [-0.39, 0.29) is 0 Å². The molecule has 2 aliphatic heterocycles. The number of benzene rings is 2. The van der Waals surface area contributed by atoms with Gasteiger partial charge in [-0.25, -0.2) is 12.4 Å². The Morgan fingerprint density at radius 3 is 2.58 bits per heavy atom. The first-order chi connectivity index (χ1) is 17.5. The van der Waals surface area contributed by atoms with Gasteiger partial charge in [0.05, 0.1) is 16.5 Å². The van der Waals surface area contributed by atoms with Crippen molar-refractivity contribution in [1.82, 2.24) is 8.87 Å². The highest BCUT2D eigenvalue weighted by Crippen LogP contribution is 2.35. The molecule has 0 N–H and O–H groups in total. The van der Waals surface area contributed by atoms with Gasteiger partial charge in [-0.05, 0) is 86.9 Å². The monoisotopic (exact) mass is 507 g/mol. The van der Waals surface area contributed by atoms with Gasteiger partial charge in [0.15, 0.2) is 0 Å². The van der Waals surface area contributed by atoms with E-state index in [2.05, 4.69) is 34.1 Å². The van der Waals surface area contributed by atoms with Crippen molar-refractivity contribution in [3.8, 4) is 0 Å². The van der Waals surface area contributed by atoms with E-state index in [1.54, 1.807) is 19.4 Å². The van der Waals surface area contributed by atoms with Crippen molar-refractivity contribution in [2.75, 3.05) is 38.2 Å². The van der Waals surface area contributed by atoms with Crippen molar-refractivity contribution in [3.05, 3.63) is 60.3 Å². The average Bonchev–Trinajstić information content (AvgIpc) is 3.37. The van der Waals surface area contributed by atoms with Gasteiger partial charge in [-0.3, -0.25) is 4.90 Å². The van der Waals surface area contributed by atoms with Crippen LogP contribution in [0.25, 0.3) is 10.9 Å². The Morgan fingerprint density at radius 2 is 1.75 bits per heavy atom. The molecule has 7 heteroatoms. The zero-order valence-corrected chi connectivity index (χ0v) is 22.0. The van der Waals surface area contributed by atoms with E-state index in [9.17, 15) is 8.42 Å². The molecule has 36 heavy (non-hydrogen) atoms. The van der Waals surface area contributed by atoms with E-state index in [0.29, 0.717) is 23.0 Å². The van der Waals surface area contributed by atoms with Gasteiger partial charge in [0.25, 0.3) is 10.0 Å². The van der Waals surface area contributed by atoms with Crippen LogP contribution in [0.1, 0.15) is 56.4 Å². The maximum Gasteiger partial charge on any atom is 0.268 e. The highest BCUT2D eigenvalue weighted by Gasteiger charge is 2.30. The minimum atomic E-state index is -3.70. The van der Waals surface area contributed by atoms with E-state index < -0.39 is 10.0 Å². The quantitative estimate of drug-likeness (QED) is 0.474. The zero-order valence-electron chi connectivity index (χ0n) is 21.2. The number of piperazine rings is 1. The molecule has 3 fully saturated rings. The molecule has 0 amide bonds. The van der Waals surface area contributed by atoms with Gasteiger partial charge in [0.1, 0.15) is 0 Å². The minimum absolute atomic E-state index is 0.328. The smallest absolute Gasteiger partial charge is 0.268 e. The molecule has 1 unspecified atom stereocenters. The Morgan fingerprint density at radius 1 is 0.889 bits per heavy atom. The number of hydrogen-bond donors (Lipinski definition) is 0. The van der Waals surface area contributed by atoms with Crippen LogP contribution in [-0.2, 0) is 14.8 Å². The fraction of sp³-hybridized carbons (Fsp3) is 0.517. The van der Waals surface area contributed by atoms with Crippen molar-refractivity contribution < 1.29 is 13.2 Å². The van der Waals surface area contributed by atoms with E-state index in [1.165, 1.54) is 29.8 Å². The first-order valence-electron chi connectivity index (χ1n) is 13.5. The Balaban J connectivity index is 1.28. The molecule has 3 aliphatic rings. The third kappa shape index (κ3) is 4.46. The molecule has 3 heterocycles. The summed E-state index contributed by atoms with van der Waals surface area (Å²) < 4.78 is 34.7. The summed E-state index contributed by atoms with van der Waals surface area (Å²) in [6.45, 7) is 4.31. The van der Waals surface area contributed by atoms with Crippen LogP contribution in [0, 0.1) is 0 Å². The number of rotatable bonds is 5. The predicted molar refractivity (Wildman–Crippen MR) is 144 cm³/mol. The summed E-state index contributed by atoms with van der Waals surface area (Å²) in [4.78, 5) is 5.43. The standard InChI is InChI=1S/C29H37N3O3S/c1-35-27-12-9-22(10-13-27)24-5-4-7-28(19-24)36(33,34)32-16-14-23-8-11-25(20-29(23)32)31-18-17-30-15-3-2-6-26(30)21-31/h4-5,7-8,11,14,16,19-20,22,26-27H,2-3,6,9-10,12-13,15,17-18,21H2,1H3. The number of ether oxygens (including phenoxy) is 1. The highest BCUT2D eigenvalue weighted by atomic mass is 32.2. The molecule has 1 saturated carbocycles. The molecule has 2 saturated heterocycles. The van der Waals surface area contributed by atoms with Crippen molar-refractivity contribution in [2.45, 2.75) is 67.9 Å². The maximum absolute atomic E-state index is 13.8. The van der Waals surface area contributed by atoms with Crippen molar-refractivity contribution >= 4 is 26.6 Å². The Labute approximate surface area is 214 Å². The number of piperidine rings is 1. The van der Waals surface area contributed by atoms with E-state index in [4.69, 9.17) is 4.74 Å². The molecule has 1 aliphatic carbocycles. The van der Waals surface area contributed by atoms with Crippen LogP contribution in [0.3, 0.4) is 0 Å². The van der Waals surface area contributed by atoms with E-state index in [1.807, 2.05) is 18.2 Å². The lowest BCUT2D eigenvalue weighted by Gasteiger charge is -2.45. The maximum atomic E-state index is 13.8. The fourth-order valence-corrected chi connectivity index (χ4v) is 7.96. The fourth-order valence-electron chi connectivity index (χ4n) is 6.56. The van der Waals surface area contributed by atoms with Gasteiger partial charge in [0.2, 0.25) is 0 Å². The molecule has 0 spiro atoms. The van der Waals surface area contributed by atoms with Gasteiger partial charge < -0.3 is 9.64 Å². The average molecular weight is 508 g/mol. The van der Waals surface area contributed by atoms with E-state index >= 15 is 0 Å². The summed E-state index contributed by atoms with van der Waals surface area (Å²) in [7, 11) is -1.92. The normalized spacial score (nSPS) is 25.7. The summed E-state index contributed by atoms with van der Waals surface area (Å²) in [5.41, 5.74) is 2.99. The third-order valence-electron chi connectivity index (χ3n) is 8.74. The van der Waals surface area contributed by atoms with Gasteiger partial charge in [-0.15, -0.1) is 0 Å². The lowest BCUT2D eigenvalue weighted by molar-refractivity contribution is 0.0658. The molecule has 0 radical (unpaired) electrons. The van der Waals surface area contributed by atoms with E-state index in [0.717, 1.165) is 67.5 Å². The van der Waals surface area contributed by atoms with Crippen LogP contribution in [0.15, 0.2) is 59.6 Å². The van der Waals surface area contributed by atoms with Crippen LogP contribution >= 0.6 is 0 Å². The second-order valence-corrected chi connectivity index (χ2v) is 12.6. The summed E-state index contributed by atoms with van der Waals surface area (Å²) in [6, 6.07) is 16.4. The molecular weight excluding hydrogens is 470 g/mol. The summed E-state index contributed by atoms with van der Waals surface area (Å²) in [5, 5.41) is 0.952. The van der Waals surface area contributed by atoms with Crippen molar-refractivity contribution in [3.63, 3.8) is 0 Å². The van der Waals surface area contributed by atoms with Crippen LogP contribution < -0.4 is 4.90 Å². The molecule has 3 aromatic rings. The number of nitrogens with zero attached hydrogens (tertiary/aromatic N) is 3. The SMILES string of the molecule is COC1CCC(c2cccc(S(=O)(=O)n3ccc4ccc(N5CCN6CCCCC6C5)cc43)c2)CC1. The summed E-state index contributed by atoms with van der Waals surface area (Å²) in [5.74, 6) is 0.387. The van der Waals surface area contributed by atoms with Crippen LogP contribution in [0.4, 0.5) is 5.69 Å². The summed E-state index contributed by atoms with van der Waals surface area (Å²) >= 11 is 0. The van der Waals surface area contributed by atoms with Gasteiger partial charge in [-0.2, -0.15) is 0 Å². The molecule has 2 aromatic carbocycles. The molecule has 6 rings (SSSR count). The van der Waals surface area contributed by atoms with Gasteiger partial charge in [0, 0.05) is 50.1 Å². The summed E-state index contributed by atoms with van der Waals surface area (Å²) in [6.07, 6.45) is 10.0. The topological polar surface area (TPSA) is 54.8 Å². The third-order valence-corrected chi connectivity index (χ3v) is 10.4. The molecule has 0 bridgehead atoms. The van der Waals surface area contributed by atoms with Gasteiger partial charge in [-0.1, -0.05) is 24.6 Å². The Hall–Kier alpha value is -2.35. The first kappa shape index (κ1) is 24.0. The molecule has 1 aromatic heterocycles. The Bertz CT molecular complexity index is 1330. The highest BCUT2D eigenvalue weighted by molar-refractivity contribution is 7.90. The largest absolute Gasteiger partial charge is 0.381 e. The lowest BCUT2D eigenvalue weighted by Crippen LogP contribution is -2.54. The number of hydrogen-bond acceptors (Lipinski definition) is 5. The first-order valence-corrected chi connectivity index (χ1v) is 15.0. The van der Waals surface area contributed by atoms with Crippen molar-refractivity contribution in [1.29, 1.82) is 0 Å². The number of fused-ring (bicyclic) bond motifs is 2. The number of methoxy groups -OCH3 is 1. The predicted octanol–water partition coefficient (Wildman–Crippen LogP) is 5.23. The van der Waals surface area contributed by atoms with Gasteiger partial charge >= 0.3 is 0 Å². The van der Waals surface area contributed by atoms with Crippen LogP contribution in [0.2, 0.25) is 0 Å². The second-order valence-electron chi connectivity index (χ2n) is 10.8. The van der Waals surface area contributed by atoms with Crippen LogP contribution in [-0.4, -0.2) is 62.7 Å². The molecule has 192 valence electrons. The van der Waals surface area contributed by atoms with Crippen molar-refractivity contribution in [2.24, 2.45) is 0 Å². The second kappa shape index (κ2) is 9.84. The molecular formula is C29H37N3O3S. The zero-order chi connectivity index (χ0) is 24.7. The molecule has 1 atom stereocenters. The molecule has 6 nitrogen and oxygen atoms in total. The number of aromatic nitrogens is 1. The minimum Gasteiger partial charge on any atom is -0.381 e.